The van der Waals surface area contributed by atoms with E-state index in [9.17, 15) is 32.4 Å². The van der Waals surface area contributed by atoms with E-state index >= 15 is 0 Å². The van der Waals surface area contributed by atoms with Crippen LogP contribution in [0.15, 0.2) is 0 Å². The summed E-state index contributed by atoms with van der Waals surface area (Å²) in [5.41, 5.74) is -1.61. The summed E-state index contributed by atoms with van der Waals surface area (Å²) in [6.45, 7) is 8.48. The quantitative estimate of drug-likeness (QED) is 0.224. The van der Waals surface area contributed by atoms with Crippen LogP contribution in [0.1, 0.15) is 130 Å². The highest BCUT2D eigenvalue weighted by atomic mass is 32.2. The van der Waals surface area contributed by atoms with Crippen molar-refractivity contribution in [1.29, 1.82) is 0 Å². The van der Waals surface area contributed by atoms with Crippen molar-refractivity contribution in [2.45, 2.75) is 165 Å². The topological polar surface area (TPSA) is 171 Å². The molecule has 0 aromatic carbocycles. The SMILES string of the molecule is CCC[C@H](NC(=O)[C@@H]1[C@@H]2[C@H](CN1C(=O)[C@@H](NC(=O)NC1(C3CCCS3(=O)=O)CCCCC1)C1(C)CCCCC1)C2(C)C)C(=O)C(=O)NC1CC1. The minimum Gasteiger partial charge on any atom is -0.347 e. The van der Waals surface area contributed by atoms with Gasteiger partial charge in [0.1, 0.15) is 12.1 Å². The molecule has 6 aliphatic rings. The van der Waals surface area contributed by atoms with Gasteiger partial charge in [-0.25, -0.2) is 13.2 Å². The van der Waals surface area contributed by atoms with Gasteiger partial charge in [0.25, 0.3) is 5.91 Å². The lowest BCUT2D eigenvalue weighted by Gasteiger charge is -2.45. The second kappa shape index (κ2) is 14.0. The second-order valence-electron chi connectivity index (χ2n) is 17.3. The number of carbonyl (C=O) groups is 5. The Morgan fingerprint density at radius 3 is 2.06 bits per heavy atom. The standard InChI is InChI=1S/C37H59N5O7S/c1-5-13-25(29(43)32(45)38-23-15-16-23)39-31(44)28-27-24(35(27,2)3)22-42(28)33(46)30(36(4)17-8-6-9-18-36)40-34(47)41-37(19-10-7-11-20-37)26-14-12-21-50(26,48)49/h23-28,30H,5-22H2,1-4H3,(H,38,45)(H,39,44)(H2,40,41,47)/t24-,25-,26?,27-,28-,30+/m0/s1. The summed E-state index contributed by atoms with van der Waals surface area (Å²) in [7, 11) is -3.35. The summed E-state index contributed by atoms with van der Waals surface area (Å²) in [6, 6.07) is -3.26. The van der Waals surface area contributed by atoms with E-state index in [1.54, 1.807) is 4.90 Å². The highest BCUT2D eigenvalue weighted by Gasteiger charge is 2.70. The molecule has 0 spiro atoms. The molecule has 280 valence electrons. The van der Waals surface area contributed by atoms with Gasteiger partial charge in [0.15, 0.2) is 9.84 Å². The van der Waals surface area contributed by atoms with Crippen molar-refractivity contribution in [2.24, 2.45) is 22.7 Å². The van der Waals surface area contributed by atoms with Gasteiger partial charge in [-0.05, 0) is 80.5 Å². The molecule has 4 N–H and O–H groups in total. The van der Waals surface area contributed by atoms with E-state index in [-0.39, 0.29) is 35.0 Å². The van der Waals surface area contributed by atoms with E-state index in [2.05, 4.69) is 35.1 Å². The van der Waals surface area contributed by atoms with E-state index in [1.807, 2.05) is 13.8 Å². The summed E-state index contributed by atoms with van der Waals surface area (Å²) in [5, 5.41) is 11.2. The molecule has 2 heterocycles. The van der Waals surface area contributed by atoms with Gasteiger partial charge in [-0.2, -0.15) is 0 Å². The van der Waals surface area contributed by atoms with Crippen LogP contribution < -0.4 is 21.3 Å². The first-order valence-electron chi connectivity index (χ1n) is 19.4. The highest BCUT2D eigenvalue weighted by molar-refractivity contribution is 7.92. The number of piperidine rings is 1. The van der Waals surface area contributed by atoms with Crippen LogP contribution in [-0.2, 0) is 29.0 Å². The van der Waals surface area contributed by atoms with Gasteiger partial charge in [0.2, 0.25) is 17.6 Å². The molecule has 12 nitrogen and oxygen atoms in total. The Balaban J connectivity index is 1.24. The molecule has 2 saturated heterocycles. The summed E-state index contributed by atoms with van der Waals surface area (Å²) in [6.07, 6.45) is 11.9. The molecule has 5 amide bonds. The fourth-order valence-corrected chi connectivity index (χ4v) is 12.5. The van der Waals surface area contributed by atoms with Crippen LogP contribution in [0.25, 0.3) is 0 Å². The Kier molecular flexibility index (Phi) is 10.4. The van der Waals surface area contributed by atoms with Crippen LogP contribution in [0.4, 0.5) is 4.79 Å². The molecule has 6 rings (SSSR count). The minimum atomic E-state index is -3.35. The minimum absolute atomic E-state index is 0.0127. The number of amides is 5. The Bertz CT molecular complexity index is 1460. The summed E-state index contributed by atoms with van der Waals surface area (Å²) in [5.74, 6) is -1.99. The van der Waals surface area contributed by atoms with Crippen LogP contribution in [0, 0.1) is 22.7 Å². The van der Waals surface area contributed by atoms with Gasteiger partial charge in [-0.15, -0.1) is 0 Å². The first-order chi connectivity index (χ1) is 23.6. The number of Topliss-reactive ketones (excluding diaryl/α,β-unsaturated/α-hetero) is 1. The number of urea groups is 1. The van der Waals surface area contributed by atoms with Crippen molar-refractivity contribution in [3.8, 4) is 0 Å². The average molecular weight is 718 g/mol. The maximum absolute atomic E-state index is 14.9. The molecule has 0 radical (unpaired) electrons. The molecule has 2 aliphatic heterocycles. The summed E-state index contributed by atoms with van der Waals surface area (Å²) < 4.78 is 26.3. The molecule has 50 heavy (non-hydrogen) atoms. The number of ketones is 1. The van der Waals surface area contributed by atoms with Crippen molar-refractivity contribution in [2.75, 3.05) is 12.3 Å². The molecule has 0 bridgehead atoms. The lowest BCUT2D eigenvalue weighted by atomic mass is 9.70. The van der Waals surface area contributed by atoms with Crippen molar-refractivity contribution < 1.29 is 32.4 Å². The van der Waals surface area contributed by atoms with Gasteiger partial charge >= 0.3 is 6.03 Å². The lowest BCUT2D eigenvalue weighted by Crippen LogP contribution is -2.66. The van der Waals surface area contributed by atoms with Crippen LogP contribution >= 0.6 is 0 Å². The number of likely N-dealkylation sites (tertiary alicyclic amines) is 1. The van der Waals surface area contributed by atoms with Crippen LogP contribution in [0.5, 0.6) is 0 Å². The van der Waals surface area contributed by atoms with Crippen molar-refractivity contribution >= 4 is 39.4 Å². The molecule has 4 saturated carbocycles. The van der Waals surface area contributed by atoms with E-state index in [0.29, 0.717) is 45.1 Å². The molecule has 6 atom stereocenters. The van der Waals surface area contributed by atoms with E-state index in [0.717, 1.165) is 64.2 Å². The Morgan fingerprint density at radius 2 is 1.48 bits per heavy atom. The third-order valence-corrected chi connectivity index (χ3v) is 15.8. The van der Waals surface area contributed by atoms with Gasteiger partial charge in [0.05, 0.1) is 22.6 Å². The molecular weight excluding hydrogens is 659 g/mol. The molecule has 4 aliphatic carbocycles. The molecular formula is C37H59N5O7S. The Hall–Kier alpha value is -2.70. The van der Waals surface area contributed by atoms with Crippen molar-refractivity contribution in [1.82, 2.24) is 26.2 Å². The van der Waals surface area contributed by atoms with Crippen molar-refractivity contribution in [3.05, 3.63) is 0 Å². The summed E-state index contributed by atoms with van der Waals surface area (Å²) in [4.78, 5) is 70.7. The number of sulfone groups is 1. The predicted octanol–water partition coefficient (Wildman–Crippen LogP) is 3.52. The Labute approximate surface area is 297 Å². The van der Waals surface area contributed by atoms with Crippen molar-refractivity contribution in [3.63, 3.8) is 0 Å². The third-order valence-electron chi connectivity index (χ3n) is 13.4. The maximum Gasteiger partial charge on any atom is 0.315 e. The van der Waals surface area contributed by atoms with E-state index < -0.39 is 67.8 Å². The second-order valence-corrected chi connectivity index (χ2v) is 19.6. The number of hydrogen-bond donors (Lipinski definition) is 4. The first kappa shape index (κ1) is 37.1. The number of nitrogens with one attached hydrogen (secondary N) is 4. The van der Waals surface area contributed by atoms with Crippen LogP contribution in [0.3, 0.4) is 0 Å². The zero-order valence-electron chi connectivity index (χ0n) is 30.5. The highest BCUT2D eigenvalue weighted by Crippen LogP contribution is 2.65. The zero-order chi connectivity index (χ0) is 36.1. The predicted molar refractivity (Wildman–Crippen MR) is 189 cm³/mol. The van der Waals surface area contributed by atoms with Crippen LogP contribution in [-0.4, -0.2) is 90.1 Å². The van der Waals surface area contributed by atoms with Gasteiger partial charge in [-0.3, -0.25) is 19.2 Å². The fraction of sp³-hybridized carbons (Fsp3) is 0.865. The van der Waals surface area contributed by atoms with Crippen LogP contribution in [0.2, 0.25) is 0 Å². The molecule has 6 fully saturated rings. The number of fused-ring (bicyclic) bond motifs is 1. The van der Waals surface area contributed by atoms with E-state index in [1.165, 1.54) is 0 Å². The Morgan fingerprint density at radius 1 is 0.840 bits per heavy atom. The first-order valence-corrected chi connectivity index (χ1v) is 21.1. The lowest BCUT2D eigenvalue weighted by molar-refractivity contribution is -0.146. The largest absolute Gasteiger partial charge is 0.347 e. The molecule has 0 aromatic rings. The van der Waals surface area contributed by atoms with Gasteiger partial charge in [0, 0.05) is 12.6 Å². The molecule has 13 heteroatoms. The fourth-order valence-electron chi connectivity index (χ4n) is 10.1. The number of carbonyl (C=O) groups excluding carboxylic acids is 5. The van der Waals surface area contributed by atoms with Gasteiger partial charge < -0.3 is 26.2 Å². The van der Waals surface area contributed by atoms with E-state index in [4.69, 9.17) is 0 Å². The smallest absolute Gasteiger partial charge is 0.315 e. The average Bonchev–Trinajstić information content (AvgIpc) is 3.85. The number of nitrogens with zero attached hydrogens (tertiary/aromatic N) is 1. The normalized spacial score (nSPS) is 31.4. The third kappa shape index (κ3) is 7.18. The van der Waals surface area contributed by atoms with Gasteiger partial charge in [-0.1, -0.05) is 72.6 Å². The molecule has 1 unspecified atom stereocenters. The maximum atomic E-state index is 14.9. The molecule has 0 aromatic heterocycles. The number of rotatable bonds is 12. The zero-order valence-corrected chi connectivity index (χ0v) is 31.3. The monoisotopic (exact) mass is 717 g/mol. The number of hydrogen-bond acceptors (Lipinski definition) is 7. The summed E-state index contributed by atoms with van der Waals surface area (Å²) >= 11 is 0.